The van der Waals surface area contributed by atoms with Crippen molar-refractivity contribution in [3.63, 3.8) is 0 Å². The zero-order chi connectivity index (χ0) is 14.8. The largest absolute Gasteiger partial charge is 0.497 e. The highest BCUT2D eigenvalue weighted by Gasteiger charge is 2.26. The lowest BCUT2D eigenvalue weighted by Gasteiger charge is -2.33. The molecule has 0 fully saturated rings. The maximum atomic E-state index is 12.7. The number of ether oxygens (including phenoxy) is 1. The molecule has 2 aromatic rings. The van der Waals surface area contributed by atoms with Gasteiger partial charge in [0.05, 0.1) is 7.11 Å². The summed E-state index contributed by atoms with van der Waals surface area (Å²) in [6.45, 7) is 3.60. The van der Waals surface area contributed by atoms with Crippen molar-refractivity contribution in [3.8, 4) is 5.75 Å². The second kappa shape index (κ2) is 5.60. The number of nitrogens with zero attached hydrogens (tertiary/aromatic N) is 1. The Morgan fingerprint density at radius 2 is 2.00 bits per heavy atom. The topological polar surface area (TPSA) is 29.5 Å². The first-order chi connectivity index (χ1) is 10.2. The van der Waals surface area contributed by atoms with E-state index in [1.54, 1.807) is 13.2 Å². The minimum Gasteiger partial charge on any atom is -0.497 e. The smallest absolute Gasteiger partial charge is 0.254 e. The van der Waals surface area contributed by atoms with Gasteiger partial charge in [-0.15, -0.1) is 0 Å². The van der Waals surface area contributed by atoms with Crippen LogP contribution < -0.4 is 4.74 Å². The van der Waals surface area contributed by atoms with Crippen LogP contribution in [-0.2, 0) is 6.54 Å². The molecule has 0 saturated carbocycles. The van der Waals surface area contributed by atoms with Gasteiger partial charge in [-0.2, -0.15) is 0 Å². The Balaban J connectivity index is 1.86. The number of benzene rings is 2. The number of fused-ring (bicyclic) bond motifs is 1. The zero-order valence-corrected chi connectivity index (χ0v) is 12.4. The van der Waals surface area contributed by atoms with Crippen LogP contribution >= 0.6 is 0 Å². The van der Waals surface area contributed by atoms with E-state index in [0.29, 0.717) is 23.8 Å². The van der Waals surface area contributed by atoms with E-state index in [-0.39, 0.29) is 5.91 Å². The predicted octanol–water partition coefficient (Wildman–Crippen LogP) is 3.45. The van der Waals surface area contributed by atoms with Crippen LogP contribution in [0.5, 0.6) is 5.75 Å². The van der Waals surface area contributed by atoms with Crippen LogP contribution in [0.2, 0.25) is 0 Å². The molecule has 1 aliphatic rings. The molecule has 0 radical (unpaired) electrons. The summed E-state index contributed by atoms with van der Waals surface area (Å²) < 4.78 is 5.20. The molecule has 1 heterocycles. The lowest BCUT2D eigenvalue weighted by molar-refractivity contribution is 0.0720. The van der Waals surface area contributed by atoms with Crippen molar-refractivity contribution in [1.29, 1.82) is 0 Å². The number of carbonyl (C=O) groups excluding carboxylic acids is 1. The Labute approximate surface area is 125 Å². The minimum absolute atomic E-state index is 0.0650. The van der Waals surface area contributed by atoms with Crippen molar-refractivity contribution in [1.82, 2.24) is 4.90 Å². The van der Waals surface area contributed by atoms with Gasteiger partial charge in [0.2, 0.25) is 0 Å². The lowest BCUT2D eigenvalue weighted by Crippen LogP contribution is -2.37. The van der Waals surface area contributed by atoms with Crippen LogP contribution in [0.1, 0.15) is 34.3 Å². The normalized spacial score (nSPS) is 17.2. The summed E-state index contributed by atoms with van der Waals surface area (Å²) in [5.41, 5.74) is 3.28. The minimum atomic E-state index is 0.0650. The van der Waals surface area contributed by atoms with E-state index < -0.39 is 0 Å². The van der Waals surface area contributed by atoms with Gasteiger partial charge in [-0.05, 0) is 35.2 Å². The first kappa shape index (κ1) is 13.7. The average molecular weight is 281 g/mol. The van der Waals surface area contributed by atoms with Gasteiger partial charge in [0.15, 0.2) is 0 Å². The van der Waals surface area contributed by atoms with E-state index in [2.05, 4.69) is 25.1 Å². The molecule has 0 N–H and O–H groups in total. The average Bonchev–Trinajstić information content (AvgIpc) is 2.54. The SMILES string of the molecule is COc1cccc(C(=O)N2Cc3ccccc3C(C)C2)c1. The Hall–Kier alpha value is -2.29. The molecule has 1 atom stereocenters. The fraction of sp³-hybridized carbons (Fsp3) is 0.278. The van der Waals surface area contributed by atoms with Crippen molar-refractivity contribution in [3.05, 3.63) is 65.2 Å². The number of hydrogen-bond donors (Lipinski definition) is 0. The van der Waals surface area contributed by atoms with Gasteiger partial charge in [0.1, 0.15) is 5.75 Å². The molecule has 1 amide bonds. The molecule has 2 aromatic carbocycles. The van der Waals surface area contributed by atoms with Crippen LogP contribution in [-0.4, -0.2) is 24.5 Å². The Kier molecular flexibility index (Phi) is 3.65. The van der Waals surface area contributed by atoms with Crippen LogP contribution in [0.15, 0.2) is 48.5 Å². The van der Waals surface area contributed by atoms with Gasteiger partial charge < -0.3 is 9.64 Å². The standard InChI is InChI=1S/C18H19NO2/c1-13-11-19(12-15-6-3-4-9-17(13)15)18(20)14-7-5-8-16(10-14)21-2/h3-10,13H,11-12H2,1-2H3. The number of hydrogen-bond acceptors (Lipinski definition) is 2. The monoisotopic (exact) mass is 281 g/mol. The second-order valence-electron chi connectivity index (χ2n) is 5.52. The number of rotatable bonds is 2. The molecule has 0 aromatic heterocycles. The molecule has 0 saturated heterocycles. The maximum Gasteiger partial charge on any atom is 0.254 e. The summed E-state index contributed by atoms with van der Waals surface area (Å²) >= 11 is 0. The van der Waals surface area contributed by atoms with Crippen molar-refractivity contribution in [2.45, 2.75) is 19.4 Å². The number of carbonyl (C=O) groups is 1. The maximum absolute atomic E-state index is 12.7. The molecule has 1 unspecified atom stereocenters. The van der Waals surface area contributed by atoms with Crippen molar-refractivity contribution in [2.75, 3.05) is 13.7 Å². The molecule has 1 aliphatic heterocycles. The van der Waals surface area contributed by atoms with Gasteiger partial charge in [-0.3, -0.25) is 4.79 Å². The molecule has 108 valence electrons. The fourth-order valence-corrected chi connectivity index (χ4v) is 2.95. The Morgan fingerprint density at radius 1 is 1.19 bits per heavy atom. The van der Waals surface area contributed by atoms with E-state index in [1.807, 2.05) is 29.2 Å². The van der Waals surface area contributed by atoms with Crippen LogP contribution in [0, 0.1) is 0 Å². The molecule has 3 heteroatoms. The summed E-state index contributed by atoms with van der Waals surface area (Å²) in [4.78, 5) is 14.6. The molecule has 0 spiro atoms. The van der Waals surface area contributed by atoms with Crippen LogP contribution in [0.25, 0.3) is 0 Å². The van der Waals surface area contributed by atoms with Crippen molar-refractivity contribution < 1.29 is 9.53 Å². The van der Waals surface area contributed by atoms with E-state index in [1.165, 1.54) is 11.1 Å². The van der Waals surface area contributed by atoms with E-state index in [0.717, 1.165) is 6.54 Å². The summed E-state index contributed by atoms with van der Waals surface area (Å²) in [6.07, 6.45) is 0. The number of amides is 1. The summed E-state index contributed by atoms with van der Waals surface area (Å²) in [6, 6.07) is 15.7. The quantitative estimate of drug-likeness (QED) is 0.843. The van der Waals surface area contributed by atoms with Gasteiger partial charge in [0, 0.05) is 18.7 Å². The summed E-state index contributed by atoms with van der Waals surface area (Å²) in [7, 11) is 1.61. The third kappa shape index (κ3) is 2.64. The molecule has 0 aliphatic carbocycles. The van der Waals surface area contributed by atoms with Gasteiger partial charge >= 0.3 is 0 Å². The highest BCUT2D eigenvalue weighted by atomic mass is 16.5. The van der Waals surface area contributed by atoms with Crippen molar-refractivity contribution in [2.24, 2.45) is 0 Å². The summed E-state index contributed by atoms with van der Waals surface area (Å²) in [5.74, 6) is 1.14. The predicted molar refractivity (Wildman–Crippen MR) is 82.6 cm³/mol. The van der Waals surface area contributed by atoms with E-state index >= 15 is 0 Å². The Morgan fingerprint density at radius 3 is 2.81 bits per heavy atom. The first-order valence-electron chi connectivity index (χ1n) is 7.20. The molecule has 3 nitrogen and oxygen atoms in total. The third-order valence-electron chi connectivity index (χ3n) is 4.05. The molecular formula is C18H19NO2. The molecule has 21 heavy (non-hydrogen) atoms. The highest BCUT2D eigenvalue weighted by molar-refractivity contribution is 5.94. The first-order valence-corrected chi connectivity index (χ1v) is 7.20. The molecule has 3 rings (SSSR count). The van der Waals surface area contributed by atoms with E-state index in [4.69, 9.17) is 4.74 Å². The van der Waals surface area contributed by atoms with E-state index in [9.17, 15) is 4.79 Å². The Bertz CT molecular complexity index is 666. The third-order valence-corrected chi connectivity index (χ3v) is 4.05. The number of methoxy groups -OCH3 is 1. The van der Waals surface area contributed by atoms with Gasteiger partial charge in [0.25, 0.3) is 5.91 Å². The zero-order valence-electron chi connectivity index (χ0n) is 12.4. The van der Waals surface area contributed by atoms with Gasteiger partial charge in [-0.25, -0.2) is 0 Å². The second-order valence-corrected chi connectivity index (χ2v) is 5.52. The summed E-state index contributed by atoms with van der Waals surface area (Å²) in [5, 5.41) is 0. The molecular weight excluding hydrogens is 262 g/mol. The van der Waals surface area contributed by atoms with Gasteiger partial charge in [-0.1, -0.05) is 37.3 Å². The highest BCUT2D eigenvalue weighted by Crippen LogP contribution is 2.28. The lowest BCUT2D eigenvalue weighted by atomic mass is 9.91. The fourth-order valence-electron chi connectivity index (χ4n) is 2.95. The molecule has 0 bridgehead atoms. The van der Waals surface area contributed by atoms with Crippen LogP contribution in [0.3, 0.4) is 0 Å². The van der Waals surface area contributed by atoms with Crippen LogP contribution in [0.4, 0.5) is 0 Å². The van der Waals surface area contributed by atoms with Crippen molar-refractivity contribution >= 4 is 5.91 Å².